The molecule has 3 heteroatoms. The Kier molecular flexibility index (Phi) is 4.96. The van der Waals surface area contributed by atoms with Gasteiger partial charge in [0.25, 0.3) is 0 Å². The maximum Gasteiger partial charge on any atom is 0.0604 e. The number of benzene rings is 1. The molecule has 2 rings (SSSR count). The maximum atomic E-state index is 4.39. The highest BCUT2D eigenvalue weighted by Gasteiger charge is 2.12. The Labute approximate surface area is 122 Å². The summed E-state index contributed by atoms with van der Waals surface area (Å²) in [5.74, 6) is 0.579. The Morgan fingerprint density at radius 3 is 2.30 bits per heavy atom. The first kappa shape index (κ1) is 14.8. The Morgan fingerprint density at radius 2 is 1.80 bits per heavy atom. The molecule has 1 heterocycles. The topological polar surface area (TPSA) is 29.9 Å². The summed E-state index contributed by atoms with van der Waals surface area (Å²) in [4.78, 5) is 0. The Hall–Kier alpha value is -1.61. The molecule has 20 heavy (non-hydrogen) atoms. The third-order valence-corrected chi connectivity index (χ3v) is 3.59. The lowest BCUT2D eigenvalue weighted by Gasteiger charge is -2.19. The lowest BCUT2D eigenvalue weighted by Crippen LogP contribution is -2.25. The molecule has 0 spiro atoms. The number of hydrogen-bond donors (Lipinski definition) is 1. The average Bonchev–Trinajstić information content (AvgIpc) is 2.84. The van der Waals surface area contributed by atoms with E-state index in [0.29, 0.717) is 12.0 Å². The Balaban J connectivity index is 2.15. The molecule has 1 atom stereocenters. The highest BCUT2D eigenvalue weighted by molar-refractivity contribution is 5.27. The molecule has 0 aliphatic heterocycles. The normalized spacial score (nSPS) is 12.8. The van der Waals surface area contributed by atoms with Crippen LogP contribution < -0.4 is 5.32 Å². The van der Waals surface area contributed by atoms with Gasteiger partial charge in [-0.2, -0.15) is 5.10 Å². The minimum absolute atomic E-state index is 0.306. The van der Waals surface area contributed by atoms with Crippen LogP contribution in [0.25, 0.3) is 0 Å². The summed E-state index contributed by atoms with van der Waals surface area (Å²) < 4.78 is 2.01. The molecule has 0 aliphatic rings. The van der Waals surface area contributed by atoms with E-state index < -0.39 is 0 Å². The molecule has 2 aromatic rings. The first-order valence-corrected chi connectivity index (χ1v) is 7.42. The lowest BCUT2D eigenvalue weighted by molar-refractivity contribution is 0.448. The highest BCUT2D eigenvalue weighted by Crippen LogP contribution is 2.20. The van der Waals surface area contributed by atoms with Gasteiger partial charge in [-0.1, -0.05) is 45.0 Å². The third-order valence-electron chi connectivity index (χ3n) is 3.59. The van der Waals surface area contributed by atoms with Crippen LogP contribution in [0.1, 0.15) is 49.4 Å². The van der Waals surface area contributed by atoms with Crippen LogP contribution in [0.2, 0.25) is 0 Å². The second kappa shape index (κ2) is 6.71. The number of rotatable bonds is 6. The number of hydrogen-bond acceptors (Lipinski definition) is 2. The number of aryl methyl sites for hydroxylation is 1. The van der Waals surface area contributed by atoms with Gasteiger partial charge in [-0.05, 0) is 36.1 Å². The molecule has 1 aromatic heterocycles. The van der Waals surface area contributed by atoms with Crippen molar-refractivity contribution in [1.82, 2.24) is 15.1 Å². The summed E-state index contributed by atoms with van der Waals surface area (Å²) in [6.45, 7) is 10.5. The molecule has 0 saturated heterocycles. The number of likely N-dealkylation sites (N-methyl/N-ethyl adjacent to an activating group) is 1. The predicted octanol–water partition coefficient (Wildman–Crippen LogP) is 3.67. The van der Waals surface area contributed by atoms with Gasteiger partial charge in [-0.15, -0.1) is 0 Å². The zero-order chi connectivity index (χ0) is 14.5. The Bertz CT molecular complexity index is 525. The molecule has 0 fully saturated rings. The van der Waals surface area contributed by atoms with Crippen LogP contribution in [0.3, 0.4) is 0 Å². The van der Waals surface area contributed by atoms with E-state index in [2.05, 4.69) is 68.6 Å². The van der Waals surface area contributed by atoms with Crippen molar-refractivity contribution in [2.45, 2.75) is 46.2 Å². The van der Waals surface area contributed by atoms with Gasteiger partial charge < -0.3 is 5.32 Å². The van der Waals surface area contributed by atoms with Crippen molar-refractivity contribution in [3.8, 4) is 0 Å². The fraction of sp³-hybridized carbons (Fsp3) is 0.471. The van der Waals surface area contributed by atoms with Crippen molar-refractivity contribution in [2.75, 3.05) is 6.54 Å². The molecule has 0 saturated carbocycles. The van der Waals surface area contributed by atoms with Crippen molar-refractivity contribution in [1.29, 1.82) is 0 Å². The van der Waals surface area contributed by atoms with E-state index in [1.165, 1.54) is 16.7 Å². The molecular weight excluding hydrogens is 246 g/mol. The maximum absolute atomic E-state index is 4.39. The van der Waals surface area contributed by atoms with Crippen molar-refractivity contribution in [3.63, 3.8) is 0 Å². The van der Waals surface area contributed by atoms with Crippen LogP contribution in [0, 0.1) is 6.92 Å². The van der Waals surface area contributed by atoms with Gasteiger partial charge >= 0.3 is 0 Å². The number of nitrogens with one attached hydrogen (secondary N) is 1. The van der Waals surface area contributed by atoms with Crippen LogP contribution in [-0.4, -0.2) is 16.3 Å². The van der Waals surface area contributed by atoms with Gasteiger partial charge in [-0.3, -0.25) is 4.68 Å². The van der Waals surface area contributed by atoms with Gasteiger partial charge in [0.2, 0.25) is 0 Å². The first-order chi connectivity index (χ1) is 9.60. The molecule has 3 nitrogen and oxygen atoms in total. The molecule has 1 aromatic carbocycles. The van der Waals surface area contributed by atoms with Gasteiger partial charge in [0, 0.05) is 6.20 Å². The summed E-state index contributed by atoms with van der Waals surface area (Å²) in [6.07, 6.45) is 4.00. The zero-order valence-corrected chi connectivity index (χ0v) is 12.9. The second-order valence-corrected chi connectivity index (χ2v) is 5.67. The van der Waals surface area contributed by atoms with Crippen LogP contribution >= 0.6 is 0 Å². The summed E-state index contributed by atoms with van der Waals surface area (Å²) in [5.41, 5.74) is 3.92. The van der Waals surface area contributed by atoms with E-state index in [4.69, 9.17) is 0 Å². The highest BCUT2D eigenvalue weighted by atomic mass is 15.3. The number of nitrogens with zero attached hydrogens (tertiary/aromatic N) is 2. The van der Waals surface area contributed by atoms with Crippen molar-refractivity contribution in [3.05, 3.63) is 53.3 Å². The van der Waals surface area contributed by atoms with Crippen molar-refractivity contribution < 1.29 is 0 Å². The molecule has 108 valence electrons. The standard InChI is InChI=1S/C17H25N3/c1-5-18-17(12-20-11-14(4)10-19-20)16-8-6-15(7-9-16)13(2)3/h6-11,13,17-18H,5,12H2,1-4H3. The van der Waals surface area contributed by atoms with Crippen LogP contribution in [0.15, 0.2) is 36.7 Å². The summed E-state index contributed by atoms with van der Waals surface area (Å²) >= 11 is 0. The monoisotopic (exact) mass is 271 g/mol. The van der Waals surface area contributed by atoms with Crippen LogP contribution in [0.4, 0.5) is 0 Å². The van der Waals surface area contributed by atoms with Gasteiger partial charge in [0.15, 0.2) is 0 Å². The zero-order valence-electron chi connectivity index (χ0n) is 12.9. The van der Waals surface area contributed by atoms with E-state index in [1.54, 1.807) is 0 Å². The summed E-state index contributed by atoms with van der Waals surface area (Å²) in [6, 6.07) is 9.25. The average molecular weight is 271 g/mol. The molecule has 0 bridgehead atoms. The van der Waals surface area contributed by atoms with E-state index in [0.717, 1.165) is 13.1 Å². The van der Waals surface area contributed by atoms with E-state index >= 15 is 0 Å². The molecular formula is C17H25N3. The quantitative estimate of drug-likeness (QED) is 0.869. The molecule has 0 aliphatic carbocycles. The van der Waals surface area contributed by atoms with Gasteiger partial charge in [-0.25, -0.2) is 0 Å². The molecule has 1 N–H and O–H groups in total. The molecule has 0 radical (unpaired) electrons. The molecule has 1 unspecified atom stereocenters. The van der Waals surface area contributed by atoms with Crippen LogP contribution in [-0.2, 0) is 6.54 Å². The lowest BCUT2D eigenvalue weighted by atomic mass is 9.99. The SMILES string of the molecule is CCNC(Cn1cc(C)cn1)c1ccc(C(C)C)cc1. The van der Waals surface area contributed by atoms with Crippen LogP contribution in [0.5, 0.6) is 0 Å². The van der Waals surface area contributed by atoms with E-state index in [-0.39, 0.29) is 0 Å². The molecule has 0 amide bonds. The predicted molar refractivity (Wildman–Crippen MR) is 83.9 cm³/mol. The fourth-order valence-electron chi connectivity index (χ4n) is 2.40. The number of aromatic nitrogens is 2. The second-order valence-electron chi connectivity index (χ2n) is 5.67. The minimum Gasteiger partial charge on any atom is -0.309 e. The Morgan fingerprint density at radius 1 is 1.15 bits per heavy atom. The van der Waals surface area contributed by atoms with Gasteiger partial charge in [0.05, 0.1) is 18.8 Å². The fourth-order valence-corrected chi connectivity index (χ4v) is 2.40. The largest absolute Gasteiger partial charge is 0.309 e. The minimum atomic E-state index is 0.306. The van der Waals surface area contributed by atoms with E-state index in [1.807, 2.05) is 10.9 Å². The smallest absolute Gasteiger partial charge is 0.0604 e. The summed E-state index contributed by atoms with van der Waals surface area (Å²) in [7, 11) is 0. The van der Waals surface area contributed by atoms with Crippen molar-refractivity contribution >= 4 is 0 Å². The van der Waals surface area contributed by atoms with Crippen molar-refractivity contribution in [2.24, 2.45) is 0 Å². The third kappa shape index (κ3) is 3.70. The summed E-state index contributed by atoms with van der Waals surface area (Å²) in [5, 5.41) is 7.93. The van der Waals surface area contributed by atoms with E-state index in [9.17, 15) is 0 Å². The van der Waals surface area contributed by atoms with Gasteiger partial charge in [0.1, 0.15) is 0 Å². The first-order valence-electron chi connectivity index (χ1n) is 7.42.